The van der Waals surface area contributed by atoms with Crippen molar-refractivity contribution in [2.75, 3.05) is 26.0 Å². The lowest BCUT2D eigenvalue weighted by atomic mass is 9.85. The lowest BCUT2D eigenvalue weighted by Crippen LogP contribution is -2.39. The number of hydrogen-bond acceptors (Lipinski definition) is 6. The third-order valence-electron chi connectivity index (χ3n) is 5.57. The fourth-order valence-electron chi connectivity index (χ4n) is 3.82. The number of rotatable bonds is 5. The minimum atomic E-state index is -3.31. The summed E-state index contributed by atoms with van der Waals surface area (Å²) in [6.07, 6.45) is 9.00. The zero-order valence-electron chi connectivity index (χ0n) is 15.6. The van der Waals surface area contributed by atoms with Gasteiger partial charge in [-0.25, -0.2) is 18.2 Å². The Labute approximate surface area is 159 Å². The number of amides is 1. The topological polar surface area (TPSA) is 110 Å². The molecule has 1 aliphatic carbocycles. The van der Waals surface area contributed by atoms with E-state index in [9.17, 15) is 13.2 Å². The number of carbonyl (C=O) groups is 1. The van der Waals surface area contributed by atoms with E-state index < -0.39 is 15.9 Å². The number of nitrogens with zero attached hydrogens (tertiary/aromatic N) is 3. The standard InChI is InChI=1S/C18H27N3O5S/c1-27(24,25)17-11-19-16(10-20-17)14-2-4-15(5-3-14)26-12-13-6-8-21(9-7-13)18(22)23/h10-11,13-15H,2-9,12H2,1H3,(H,22,23). The van der Waals surface area contributed by atoms with Crippen LogP contribution in [0.2, 0.25) is 0 Å². The molecule has 1 saturated carbocycles. The first-order valence-corrected chi connectivity index (χ1v) is 11.3. The van der Waals surface area contributed by atoms with Crippen LogP contribution in [0.5, 0.6) is 0 Å². The molecule has 27 heavy (non-hydrogen) atoms. The number of piperidine rings is 1. The SMILES string of the molecule is CS(=O)(=O)c1cnc(C2CCC(OCC3CCN(C(=O)O)CC3)CC2)cn1. The van der Waals surface area contributed by atoms with Crippen LogP contribution < -0.4 is 0 Å². The van der Waals surface area contributed by atoms with Crippen molar-refractivity contribution in [3.8, 4) is 0 Å². The molecule has 0 unspecified atom stereocenters. The van der Waals surface area contributed by atoms with E-state index in [-0.39, 0.29) is 11.1 Å². The van der Waals surface area contributed by atoms with Gasteiger partial charge in [-0.1, -0.05) is 0 Å². The highest BCUT2D eigenvalue weighted by molar-refractivity contribution is 7.90. The average molecular weight is 397 g/mol. The monoisotopic (exact) mass is 397 g/mol. The summed E-state index contributed by atoms with van der Waals surface area (Å²) in [4.78, 5) is 20.7. The van der Waals surface area contributed by atoms with Gasteiger partial charge in [-0.15, -0.1) is 0 Å². The largest absolute Gasteiger partial charge is 0.465 e. The molecular weight excluding hydrogens is 370 g/mol. The summed E-state index contributed by atoms with van der Waals surface area (Å²) >= 11 is 0. The summed E-state index contributed by atoms with van der Waals surface area (Å²) in [5, 5.41) is 9.00. The number of sulfone groups is 1. The molecule has 1 saturated heterocycles. The Morgan fingerprint density at radius 1 is 1.15 bits per heavy atom. The number of carboxylic acid groups (broad SMARTS) is 1. The molecule has 150 valence electrons. The van der Waals surface area contributed by atoms with E-state index in [1.165, 1.54) is 11.1 Å². The predicted molar refractivity (Wildman–Crippen MR) is 98.4 cm³/mol. The Bertz CT molecular complexity index is 737. The Morgan fingerprint density at radius 2 is 1.81 bits per heavy atom. The molecule has 9 heteroatoms. The van der Waals surface area contributed by atoms with Gasteiger partial charge in [0.15, 0.2) is 14.9 Å². The van der Waals surface area contributed by atoms with Gasteiger partial charge in [-0.2, -0.15) is 0 Å². The van der Waals surface area contributed by atoms with Crippen LogP contribution in [0.4, 0.5) is 4.79 Å². The second-order valence-corrected chi connectivity index (χ2v) is 9.53. The van der Waals surface area contributed by atoms with Crippen molar-refractivity contribution in [1.29, 1.82) is 0 Å². The minimum Gasteiger partial charge on any atom is -0.465 e. The molecular formula is C18H27N3O5S. The van der Waals surface area contributed by atoms with Gasteiger partial charge in [-0.05, 0) is 44.4 Å². The Kier molecular flexibility index (Phi) is 6.31. The van der Waals surface area contributed by atoms with Crippen molar-refractivity contribution in [2.45, 2.75) is 55.6 Å². The fourth-order valence-corrected chi connectivity index (χ4v) is 4.31. The zero-order chi connectivity index (χ0) is 19.4. The first-order chi connectivity index (χ1) is 12.8. The van der Waals surface area contributed by atoms with Crippen molar-refractivity contribution in [2.24, 2.45) is 5.92 Å². The highest BCUT2D eigenvalue weighted by atomic mass is 32.2. The maximum atomic E-state index is 11.5. The molecule has 0 atom stereocenters. The Hall–Kier alpha value is -1.74. The van der Waals surface area contributed by atoms with E-state index in [1.807, 2.05) is 0 Å². The second-order valence-electron chi connectivity index (χ2n) is 7.57. The molecule has 1 aromatic rings. The number of hydrogen-bond donors (Lipinski definition) is 1. The first kappa shape index (κ1) is 20.0. The van der Waals surface area contributed by atoms with Crippen LogP contribution in [-0.2, 0) is 14.6 Å². The first-order valence-electron chi connectivity index (χ1n) is 9.44. The van der Waals surface area contributed by atoms with Crippen LogP contribution in [-0.4, -0.2) is 66.5 Å². The Morgan fingerprint density at radius 3 is 2.33 bits per heavy atom. The summed E-state index contributed by atoms with van der Waals surface area (Å²) in [6.45, 7) is 1.89. The molecule has 3 rings (SSSR count). The smallest absolute Gasteiger partial charge is 0.407 e. The number of likely N-dealkylation sites (tertiary alicyclic amines) is 1. The molecule has 1 aromatic heterocycles. The van der Waals surface area contributed by atoms with E-state index >= 15 is 0 Å². The number of ether oxygens (including phenoxy) is 1. The van der Waals surface area contributed by atoms with Crippen LogP contribution in [0, 0.1) is 5.92 Å². The predicted octanol–water partition coefficient (Wildman–Crippen LogP) is 2.31. The Balaban J connectivity index is 1.41. The molecule has 1 aliphatic heterocycles. The van der Waals surface area contributed by atoms with Gasteiger partial charge in [-0.3, -0.25) is 4.98 Å². The third-order valence-corrected chi connectivity index (χ3v) is 6.54. The van der Waals surface area contributed by atoms with Crippen LogP contribution in [0.15, 0.2) is 17.4 Å². The molecule has 0 spiro atoms. The van der Waals surface area contributed by atoms with Crippen molar-refractivity contribution in [3.63, 3.8) is 0 Å². The molecule has 8 nitrogen and oxygen atoms in total. The fraction of sp³-hybridized carbons (Fsp3) is 0.722. The molecule has 2 aliphatic rings. The molecule has 2 fully saturated rings. The second kappa shape index (κ2) is 8.52. The van der Waals surface area contributed by atoms with E-state index in [1.54, 1.807) is 6.20 Å². The van der Waals surface area contributed by atoms with Crippen molar-refractivity contribution < 1.29 is 23.1 Å². The molecule has 1 amide bonds. The highest BCUT2D eigenvalue weighted by Crippen LogP contribution is 2.33. The highest BCUT2D eigenvalue weighted by Gasteiger charge is 2.27. The third kappa shape index (κ3) is 5.38. The number of aromatic nitrogens is 2. The van der Waals surface area contributed by atoms with Gasteiger partial charge in [0.05, 0.1) is 24.2 Å². The van der Waals surface area contributed by atoms with Crippen LogP contribution in [0.1, 0.15) is 50.1 Å². The van der Waals surface area contributed by atoms with Crippen LogP contribution in [0.3, 0.4) is 0 Å². The van der Waals surface area contributed by atoms with Crippen LogP contribution >= 0.6 is 0 Å². The normalized spacial score (nSPS) is 24.7. The summed E-state index contributed by atoms with van der Waals surface area (Å²) < 4.78 is 29.0. The van der Waals surface area contributed by atoms with Gasteiger partial charge in [0.25, 0.3) is 0 Å². The van der Waals surface area contributed by atoms with E-state index in [0.29, 0.717) is 31.5 Å². The van der Waals surface area contributed by atoms with Gasteiger partial charge in [0.1, 0.15) is 0 Å². The molecule has 1 N–H and O–H groups in total. The summed E-state index contributed by atoms with van der Waals surface area (Å²) in [6, 6.07) is 0. The maximum Gasteiger partial charge on any atom is 0.407 e. The van der Waals surface area contributed by atoms with Gasteiger partial charge >= 0.3 is 6.09 Å². The zero-order valence-corrected chi connectivity index (χ0v) is 16.4. The molecule has 0 aromatic carbocycles. The summed E-state index contributed by atoms with van der Waals surface area (Å²) in [5.74, 6) is 0.734. The van der Waals surface area contributed by atoms with E-state index in [0.717, 1.165) is 50.5 Å². The van der Waals surface area contributed by atoms with Gasteiger partial charge in [0.2, 0.25) is 0 Å². The van der Waals surface area contributed by atoms with Gasteiger partial charge in [0, 0.05) is 31.9 Å². The maximum absolute atomic E-state index is 11.5. The molecule has 2 heterocycles. The minimum absolute atomic E-state index is 0.0113. The van der Waals surface area contributed by atoms with E-state index in [4.69, 9.17) is 9.84 Å². The van der Waals surface area contributed by atoms with Crippen molar-refractivity contribution >= 4 is 15.9 Å². The quantitative estimate of drug-likeness (QED) is 0.812. The summed E-state index contributed by atoms with van der Waals surface area (Å²) in [7, 11) is -3.31. The molecule has 0 bridgehead atoms. The lowest BCUT2D eigenvalue weighted by molar-refractivity contribution is -0.00691. The van der Waals surface area contributed by atoms with Crippen molar-refractivity contribution in [3.05, 3.63) is 18.1 Å². The molecule has 0 radical (unpaired) electrons. The van der Waals surface area contributed by atoms with E-state index in [2.05, 4.69) is 9.97 Å². The average Bonchev–Trinajstić information content (AvgIpc) is 2.66. The van der Waals surface area contributed by atoms with Crippen LogP contribution in [0.25, 0.3) is 0 Å². The summed E-state index contributed by atoms with van der Waals surface area (Å²) in [5.41, 5.74) is 0.849. The van der Waals surface area contributed by atoms with Crippen molar-refractivity contribution in [1.82, 2.24) is 14.9 Å². The van der Waals surface area contributed by atoms with Gasteiger partial charge < -0.3 is 14.7 Å². The lowest BCUT2D eigenvalue weighted by Gasteiger charge is -2.32.